The summed E-state index contributed by atoms with van der Waals surface area (Å²) in [4.78, 5) is 22.5. The number of hydrogen-bond acceptors (Lipinski definition) is 7. The lowest BCUT2D eigenvalue weighted by molar-refractivity contribution is -0.154. The van der Waals surface area contributed by atoms with Gasteiger partial charge in [-0.15, -0.1) is 0 Å². The molecule has 0 aliphatic rings. The molecule has 0 radical (unpaired) electrons. The number of carbonyl (C=O) groups is 1. The van der Waals surface area contributed by atoms with Crippen LogP contribution in [0.15, 0.2) is 97.2 Å². The van der Waals surface area contributed by atoms with Crippen LogP contribution in [0, 0.1) is 0 Å². The average Bonchev–Trinajstić information content (AvgIpc) is 3.21. The molecule has 58 heavy (non-hydrogen) atoms. The van der Waals surface area contributed by atoms with E-state index in [9.17, 15) is 14.3 Å². The van der Waals surface area contributed by atoms with Gasteiger partial charge in [-0.05, 0) is 89.9 Å². The van der Waals surface area contributed by atoms with Crippen LogP contribution < -0.4 is 5.73 Å². The monoisotopic (exact) mass is 830 g/mol. The summed E-state index contributed by atoms with van der Waals surface area (Å²) < 4.78 is 33.4. The van der Waals surface area contributed by atoms with Crippen LogP contribution in [0.25, 0.3) is 0 Å². The van der Waals surface area contributed by atoms with E-state index in [1.165, 1.54) is 64.2 Å². The van der Waals surface area contributed by atoms with Gasteiger partial charge in [0, 0.05) is 19.6 Å². The third kappa shape index (κ3) is 44.5. The molecule has 2 unspecified atom stereocenters. The number of phosphoric acid groups is 1. The lowest BCUT2D eigenvalue weighted by Crippen LogP contribution is -2.28. The maximum Gasteiger partial charge on any atom is 0.472 e. The van der Waals surface area contributed by atoms with Crippen LogP contribution in [0.3, 0.4) is 0 Å². The molecule has 0 aromatic heterocycles. The van der Waals surface area contributed by atoms with E-state index in [0.29, 0.717) is 13.0 Å². The summed E-state index contributed by atoms with van der Waals surface area (Å²) in [6, 6.07) is 0. The number of rotatable bonds is 42. The minimum atomic E-state index is -4.30. The molecule has 0 heterocycles. The van der Waals surface area contributed by atoms with Crippen molar-refractivity contribution in [2.45, 2.75) is 174 Å². The second-order valence-corrected chi connectivity index (χ2v) is 16.0. The van der Waals surface area contributed by atoms with Crippen molar-refractivity contribution in [3.8, 4) is 0 Å². The van der Waals surface area contributed by atoms with Crippen LogP contribution in [0.2, 0.25) is 0 Å². The van der Waals surface area contributed by atoms with Gasteiger partial charge >= 0.3 is 13.8 Å². The third-order valence-corrected chi connectivity index (χ3v) is 9.98. The SMILES string of the molecule is CC/C=C\C/C=C\C/C=C\C/C=C\CCCCCCCCCCCCCOCC(COP(=O)(O)OCCN)OC(=O)CCCC/C=C\C/C=C\C/C=C\C/C=C\CC. The molecule has 0 bridgehead atoms. The zero-order valence-electron chi connectivity index (χ0n) is 36.7. The van der Waals surface area contributed by atoms with E-state index in [4.69, 9.17) is 24.3 Å². The van der Waals surface area contributed by atoms with Gasteiger partial charge in [0.2, 0.25) is 0 Å². The van der Waals surface area contributed by atoms with Crippen LogP contribution in [0.4, 0.5) is 0 Å². The highest BCUT2D eigenvalue weighted by molar-refractivity contribution is 7.47. The van der Waals surface area contributed by atoms with Gasteiger partial charge in [0.15, 0.2) is 0 Å². The lowest BCUT2D eigenvalue weighted by Gasteiger charge is -2.20. The minimum absolute atomic E-state index is 0.0879. The lowest BCUT2D eigenvalue weighted by atomic mass is 10.1. The van der Waals surface area contributed by atoms with Crippen molar-refractivity contribution < 1.29 is 32.8 Å². The van der Waals surface area contributed by atoms with Gasteiger partial charge in [-0.1, -0.05) is 169 Å². The van der Waals surface area contributed by atoms with Crippen molar-refractivity contribution in [1.29, 1.82) is 0 Å². The van der Waals surface area contributed by atoms with Crippen LogP contribution >= 0.6 is 7.82 Å². The van der Waals surface area contributed by atoms with E-state index < -0.39 is 13.9 Å². The highest BCUT2D eigenvalue weighted by Crippen LogP contribution is 2.43. The highest BCUT2D eigenvalue weighted by atomic mass is 31.2. The number of hydrogen-bond donors (Lipinski definition) is 2. The fraction of sp³-hybridized carbons (Fsp3) is 0.653. The van der Waals surface area contributed by atoms with Crippen molar-refractivity contribution in [3.05, 3.63) is 97.2 Å². The Kier molecular flexibility index (Phi) is 43.5. The molecule has 0 saturated heterocycles. The Morgan fingerprint density at radius 2 is 0.914 bits per heavy atom. The molecule has 0 aromatic carbocycles. The summed E-state index contributed by atoms with van der Waals surface area (Å²) in [5.41, 5.74) is 5.37. The van der Waals surface area contributed by atoms with Gasteiger partial charge in [0.25, 0.3) is 0 Å². The number of esters is 1. The molecule has 9 heteroatoms. The fourth-order valence-corrected chi connectivity index (χ4v) is 6.51. The van der Waals surface area contributed by atoms with Crippen molar-refractivity contribution >= 4 is 13.8 Å². The first-order valence-corrected chi connectivity index (χ1v) is 24.2. The molecule has 0 aromatic rings. The van der Waals surface area contributed by atoms with Crippen LogP contribution in [0.1, 0.15) is 168 Å². The number of phosphoric ester groups is 1. The van der Waals surface area contributed by atoms with Gasteiger partial charge in [-0.3, -0.25) is 13.8 Å². The molecule has 0 amide bonds. The van der Waals surface area contributed by atoms with Crippen molar-refractivity contribution in [2.24, 2.45) is 5.73 Å². The summed E-state index contributed by atoms with van der Waals surface area (Å²) in [6.45, 7) is 4.61. The first kappa shape index (κ1) is 55.4. The molecular weight excluding hydrogens is 746 g/mol. The average molecular weight is 830 g/mol. The highest BCUT2D eigenvalue weighted by Gasteiger charge is 2.25. The quantitative estimate of drug-likeness (QED) is 0.0270. The molecule has 0 rings (SSSR count). The predicted octanol–water partition coefficient (Wildman–Crippen LogP) is 13.9. The summed E-state index contributed by atoms with van der Waals surface area (Å²) in [6.07, 6.45) is 60.1. The molecule has 0 aliphatic heterocycles. The first-order chi connectivity index (χ1) is 28.4. The molecule has 0 aliphatic carbocycles. The van der Waals surface area contributed by atoms with Gasteiger partial charge < -0.3 is 20.1 Å². The van der Waals surface area contributed by atoms with Crippen molar-refractivity contribution in [1.82, 2.24) is 0 Å². The molecule has 3 N–H and O–H groups in total. The maximum absolute atomic E-state index is 12.6. The van der Waals surface area contributed by atoms with E-state index in [0.717, 1.165) is 77.0 Å². The Morgan fingerprint density at radius 1 is 0.517 bits per heavy atom. The Balaban J connectivity index is 4.04. The van der Waals surface area contributed by atoms with Crippen LogP contribution in [-0.2, 0) is 27.9 Å². The standard InChI is InChI=1S/C49H84NO7P/c1-3-5-7-9-11-13-15-17-19-20-21-22-23-24-25-26-27-29-31-33-35-37-39-41-44-54-46-48(47-56-58(52,53)55-45-43-50)57-49(51)42-40-38-36-34-32-30-28-18-16-14-12-10-8-6-4-2/h5-8,11-14,17-19,21-22,28,32,34,48H,3-4,9-10,15-16,20,23-27,29-31,33,35-47,50H2,1-2H3,(H,52,53)/b7-5-,8-6-,13-11-,14-12-,19-17-,22-21-,28-18-,34-32-. The third-order valence-electron chi connectivity index (χ3n) is 9.00. The Morgan fingerprint density at radius 3 is 1.36 bits per heavy atom. The topological polar surface area (TPSA) is 117 Å². The molecule has 0 saturated carbocycles. The molecule has 0 fully saturated rings. The van der Waals surface area contributed by atoms with Gasteiger partial charge in [0.05, 0.1) is 19.8 Å². The molecule has 8 nitrogen and oxygen atoms in total. The van der Waals surface area contributed by atoms with E-state index in [1.54, 1.807) is 0 Å². The number of ether oxygens (including phenoxy) is 2. The minimum Gasteiger partial charge on any atom is -0.457 e. The smallest absolute Gasteiger partial charge is 0.457 e. The van der Waals surface area contributed by atoms with E-state index in [1.807, 2.05) is 0 Å². The Labute approximate surface area is 355 Å². The summed E-state index contributed by atoms with van der Waals surface area (Å²) in [7, 11) is -4.30. The zero-order chi connectivity index (χ0) is 42.3. The molecule has 2 atom stereocenters. The van der Waals surface area contributed by atoms with Crippen molar-refractivity contribution in [2.75, 3.05) is 33.0 Å². The predicted molar refractivity (Wildman–Crippen MR) is 247 cm³/mol. The number of nitrogens with two attached hydrogens (primary N) is 1. The molecule has 0 spiro atoms. The van der Waals surface area contributed by atoms with E-state index in [2.05, 4.69) is 111 Å². The van der Waals surface area contributed by atoms with Gasteiger partial charge in [0.1, 0.15) is 6.10 Å². The molecule has 332 valence electrons. The second-order valence-electron chi connectivity index (χ2n) is 14.5. The summed E-state index contributed by atoms with van der Waals surface area (Å²) >= 11 is 0. The number of allylic oxidation sites excluding steroid dienone is 16. The summed E-state index contributed by atoms with van der Waals surface area (Å²) in [5, 5.41) is 0. The number of carbonyl (C=O) groups excluding carboxylic acids is 1. The fourth-order valence-electron chi connectivity index (χ4n) is 5.74. The molecular formula is C49H84NO7P. The van der Waals surface area contributed by atoms with Gasteiger partial charge in [-0.2, -0.15) is 0 Å². The van der Waals surface area contributed by atoms with Crippen LogP contribution in [0.5, 0.6) is 0 Å². The van der Waals surface area contributed by atoms with E-state index >= 15 is 0 Å². The van der Waals surface area contributed by atoms with Crippen LogP contribution in [-0.4, -0.2) is 49.9 Å². The normalized spacial score (nSPS) is 14.3. The van der Waals surface area contributed by atoms with Crippen molar-refractivity contribution in [3.63, 3.8) is 0 Å². The maximum atomic E-state index is 12.6. The number of unbranched alkanes of at least 4 members (excludes halogenated alkanes) is 13. The van der Waals surface area contributed by atoms with Gasteiger partial charge in [-0.25, -0.2) is 4.57 Å². The Hall–Kier alpha value is -2.58. The second kappa shape index (κ2) is 45.5. The summed E-state index contributed by atoms with van der Waals surface area (Å²) in [5.74, 6) is -0.375. The zero-order valence-corrected chi connectivity index (χ0v) is 37.6. The van der Waals surface area contributed by atoms with E-state index in [-0.39, 0.29) is 38.8 Å². The first-order valence-electron chi connectivity index (χ1n) is 22.7. The Bertz CT molecular complexity index is 1200. The largest absolute Gasteiger partial charge is 0.472 e.